The van der Waals surface area contributed by atoms with Crippen LogP contribution in [0.25, 0.3) is 22.3 Å². The molecular formula is C35H43N3O9S2. The molecule has 4 heterocycles. The molecule has 0 radical (unpaired) electrons. The lowest BCUT2D eigenvalue weighted by molar-refractivity contribution is -0.172. The summed E-state index contributed by atoms with van der Waals surface area (Å²) in [4.78, 5) is 56.5. The smallest absolute Gasteiger partial charge is 0.408 e. The molecule has 2 aliphatic heterocycles. The number of thiol groups is 2. The Balaban J connectivity index is 1.06. The number of nitrogens with zero attached hydrogens (tertiary/aromatic N) is 2. The van der Waals surface area contributed by atoms with Gasteiger partial charge in [0.05, 0.1) is 55.4 Å². The summed E-state index contributed by atoms with van der Waals surface area (Å²) in [6.07, 6.45) is 3.18. The normalized spacial score (nSPS) is 16.8. The zero-order valence-corrected chi connectivity index (χ0v) is 29.4. The van der Waals surface area contributed by atoms with Crippen molar-refractivity contribution in [2.24, 2.45) is 0 Å². The molecule has 1 amide bonds. The van der Waals surface area contributed by atoms with Crippen LogP contribution < -0.4 is 10.9 Å². The zero-order chi connectivity index (χ0) is 34.8. The number of amides is 1. The monoisotopic (exact) mass is 713 g/mol. The van der Waals surface area contributed by atoms with Gasteiger partial charge < -0.3 is 33.6 Å². The van der Waals surface area contributed by atoms with E-state index in [4.69, 9.17) is 28.7 Å². The minimum Gasteiger partial charge on any atom is -0.463 e. The number of esters is 2. The van der Waals surface area contributed by atoms with Crippen LogP contribution in [0.1, 0.15) is 62.1 Å². The van der Waals surface area contributed by atoms with Crippen LogP contribution in [0.3, 0.4) is 0 Å². The number of cyclic esters (lactones) is 1. The highest BCUT2D eigenvalue weighted by Crippen LogP contribution is 2.40. The van der Waals surface area contributed by atoms with Crippen LogP contribution >= 0.6 is 25.3 Å². The lowest BCUT2D eigenvalue weighted by Crippen LogP contribution is -2.49. The number of nitrogens with one attached hydrogen (secondary N) is 1. The van der Waals surface area contributed by atoms with Crippen molar-refractivity contribution in [1.82, 2.24) is 14.9 Å². The highest BCUT2D eigenvalue weighted by molar-refractivity contribution is 7.81. The average molecular weight is 714 g/mol. The summed E-state index contributed by atoms with van der Waals surface area (Å²) >= 11 is 8.69. The van der Waals surface area contributed by atoms with E-state index in [-0.39, 0.29) is 69.7 Å². The highest BCUT2D eigenvalue weighted by Gasteiger charge is 2.50. The van der Waals surface area contributed by atoms with Crippen molar-refractivity contribution < 1.29 is 38.1 Å². The van der Waals surface area contributed by atoms with Gasteiger partial charge in [0.15, 0.2) is 0 Å². The van der Waals surface area contributed by atoms with Gasteiger partial charge in [-0.2, -0.15) is 25.3 Å². The minimum atomic E-state index is -1.80. The maximum absolute atomic E-state index is 13.7. The van der Waals surface area contributed by atoms with Crippen molar-refractivity contribution >= 4 is 54.2 Å². The first kappa shape index (κ1) is 36.7. The molecule has 2 aromatic heterocycles. The molecule has 12 nitrogen and oxygen atoms in total. The molecule has 0 bridgehead atoms. The van der Waals surface area contributed by atoms with Crippen LogP contribution in [-0.2, 0) is 52.0 Å². The van der Waals surface area contributed by atoms with Crippen molar-refractivity contribution in [3.63, 3.8) is 0 Å². The van der Waals surface area contributed by atoms with Gasteiger partial charge in [-0.1, -0.05) is 31.5 Å². The van der Waals surface area contributed by atoms with E-state index >= 15 is 0 Å². The molecule has 0 saturated heterocycles. The van der Waals surface area contributed by atoms with Crippen molar-refractivity contribution in [2.75, 3.05) is 45.3 Å². The van der Waals surface area contributed by atoms with Crippen LogP contribution in [0.2, 0.25) is 0 Å². The lowest BCUT2D eigenvalue weighted by atomic mass is 9.85. The predicted molar refractivity (Wildman–Crippen MR) is 189 cm³/mol. The standard InChI is InChI=1S/C35H43N3O9S2/c1-2-35(47-34(42)36-12-13-43-14-15-44-16-17-45-30(39)10-6-4-8-25(49)11-18-48)27-20-29-31-24(19-23-7-3-5-9-28(23)37-31)21-38(29)32(40)26(27)22-46-33(35)41/h3,5,7,9,19-20,25,48-49H,2,4,6,8,10-18,21-22H2,1H3,(H,36,42). The van der Waals surface area contributed by atoms with Gasteiger partial charge in [0.25, 0.3) is 5.56 Å². The molecule has 5 rings (SSSR count). The summed E-state index contributed by atoms with van der Waals surface area (Å²) < 4.78 is 28.9. The minimum absolute atomic E-state index is 0.0590. The second-order valence-corrected chi connectivity index (χ2v) is 13.1. The Labute approximate surface area is 296 Å². The molecule has 2 atom stereocenters. The van der Waals surface area contributed by atoms with Crippen LogP contribution in [0.15, 0.2) is 41.2 Å². The Bertz CT molecular complexity index is 1720. The quantitative estimate of drug-likeness (QED) is 0.0581. The number of alkyl carbamates (subject to hydrolysis) is 1. The summed E-state index contributed by atoms with van der Waals surface area (Å²) in [7, 11) is 0. The summed E-state index contributed by atoms with van der Waals surface area (Å²) in [5.41, 5.74) is 1.38. The van der Waals surface area contributed by atoms with Crippen LogP contribution in [0.4, 0.5) is 4.79 Å². The molecule has 0 saturated carbocycles. The molecule has 1 N–H and O–H groups in total. The Hall–Kier alpha value is -3.59. The third kappa shape index (κ3) is 8.77. The molecule has 0 aliphatic carbocycles. The first-order valence-corrected chi connectivity index (χ1v) is 17.8. The summed E-state index contributed by atoms with van der Waals surface area (Å²) in [5.74, 6) is -0.177. The number of carbonyl (C=O) groups excluding carboxylic acids is 3. The molecular weight excluding hydrogens is 671 g/mol. The fourth-order valence-corrected chi connectivity index (χ4v) is 6.88. The number of rotatable bonds is 18. The van der Waals surface area contributed by atoms with E-state index in [0.29, 0.717) is 35.2 Å². The van der Waals surface area contributed by atoms with Crippen molar-refractivity contribution in [3.8, 4) is 11.4 Å². The molecule has 1 aromatic carbocycles. The Morgan fingerprint density at radius 1 is 1.06 bits per heavy atom. The SMILES string of the molecule is CCC1(OC(=O)NCCOCCOCCOC(=O)CCCCC(S)CCS)C(=O)OCc2c1cc1n(c2=O)Cc2cc3ccccc3nc2-1. The fraction of sp³-hybridized carbons (Fsp3) is 0.514. The first-order valence-electron chi connectivity index (χ1n) is 16.7. The second-order valence-electron chi connectivity index (χ2n) is 11.9. The van der Waals surface area contributed by atoms with Crippen LogP contribution in [-0.4, -0.2) is 78.2 Å². The number of benzene rings is 1. The molecule has 0 fully saturated rings. The van der Waals surface area contributed by atoms with E-state index in [0.717, 1.165) is 47.9 Å². The third-order valence-corrected chi connectivity index (χ3v) is 9.44. The highest BCUT2D eigenvalue weighted by atomic mass is 32.1. The Morgan fingerprint density at radius 2 is 1.84 bits per heavy atom. The molecule has 0 spiro atoms. The first-order chi connectivity index (χ1) is 23.8. The van der Waals surface area contributed by atoms with E-state index in [9.17, 15) is 19.2 Å². The van der Waals surface area contributed by atoms with E-state index in [2.05, 4.69) is 30.6 Å². The number of carbonyl (C=O) groups is 3. The maximum atomic E-state index is 13.7. The van der Waals surface area contributed by atoms with Crippen molar-refractivity contribution in [3.05, 3.63) is 63.4 Å². The van der Waals surface area contributed by atoms with E-state index in [1.807, 2.05) is 30.3 Å². The topological polar surface area (TPSA) is 144 Å². The third-order valence-electron chi connectivity index (χ3n) is 8.66. The molecule has 14 heteroatoms. The van der Waals surface area contributed by atoms with E-state index < -0.39 is 17.7 Å². The van der Waals surface area contributed by atoms with Crippen molar-refractivity contribution in [2.45, 2.75) is 69.5 Å². The molecule has 3 aromatic rings. The molecule has 49 heavy (non-hydrogen) atoms. The van der Waals surface area contributed by atoms with Gasteiger partial charge in [0.1, 0.15) is 13.2 Å². The second kappa shape index (κ2) is 17.4. The predicted octanol–water partition coefficient (Wildman–Crippen LogP) is 4.57. The maximum Gasteiger partial charge on any atom is 0.408 e. The number of hydrogen-bond acceptors (Lipinski definition) is 12. The molecule has 2 aliphatic rings. The van der Waals surface area contributed by atoms with E-state index in [1.54, 1.807) is 17.6 Å². The van der Waals surface area contributed by atoms with Crippen LogP contribution in [0.5, 0.6) is 0 Å². The number of unbranched alkanes of at least 4 members (excludes halogenated alkanes) is 1. The fourth-order valence-electron chi connectivity index (χ4n) is 6.05. The number of para-hydroxylation sites is 1. The van der Waals surface area contributed by atoms with Crippen LogP contribution in [0, 0.1) is 0 Å². The van der Waals surface area contributed by atoms with Gasteiger partial charge in [-0.15, -0.1) is 0 Å². The number of fused-ring (bicyclic) bond motifs is 5. The number of pyridine rings is 2. The number of ether oxygens (including phenoxy) is 5. The van der Waals surface area contributed by atoms with Crippen molar-refractivity contribution in [1.29, 1.82) is 0 Å². The average Bonchev–Trinajstić information content (AvgIpc) is 3.45. The van der Waals surface area contributed by atoms with Gasteiger partial charge in [-0.05, 0) is 49.6 Å². The summed E-state index contributed by atoms with van der Waals surface area (Å²) in [5, 5.41) is 3.89. The van der Waals surface area contributed by atoms with Gasteiger partial charge >= 0.3 is 18.0 Å². The summed E-state index contributed by atoms with van der Waals surface area (Å²) in [6, 6.07) is 11.5. The van der Waals surface area contributed by atoms with Gasteiger partial charge in [0, 0.05) is 34.7 Å². The summed E-state index contributed by atoms with van der Waals surface area (Å²) in [6.45, 7) is 3.08. The Morgan fingerprint density at radius 3 is 2.63 bits per heavy atom. The Kier molecular flexibility index (Phi) is 13.0. The number of aromatic nitrogens is 2. The van der Waals surface area contributed by atoms with E-state index in [1.165, 1.54) is 0 Å². The van der Waals surface area contributed by atoms with Gasteiger partial charge in [-0.3, -0.25) is 9.59 Å². The lowest BCUT2D eigenvalue weighted by Gasteiger charge is -2.35. The molecule has 2 unspecified atom stereocenters. The molecule has 264 valence electrons. The number of hydrogen-bond donors (Lipinski definition) is 3. The zero-order valence-electron chi connectivity index (χ0n) is 27.6. The largest absolute Gasteiger partial charge is 0.463 e. The van der Waals surface area contributed by atoms with Gasteiger partial charge in [-0.25, -0.2) is 14.6 Å². The van der Waals surface area contributed by atoms with Gasteiger partial charge in [0.2, 0.25) is 5.60 Å².